The maximum atomic E-state index is 10.1. The molecule has 0 saturated heterocycles. The fraction of sp³-hybridized carbons (Fsp3) is 0. The van der Waals surface area contributed by atoms with E-state index in [1.54, 1.807) is 24.3 Å². The summed E-state index contributed by atoms with van der Waals surface area (Å²) in [5.41, 5.74) is 0.728. The minimum atomic E-state index is -0.373. The van der Waals surface area contributed by atoms with Gasteiger partial charge in [-0.15, -0.1) is 5.10 Å². The second-order valence-electron chi connectivity index (χ2n) is 4.43. The molecule has 3 N–H and O–H groups in total. The first-order chi connectivity index (χ1) is 10.5. The lowest BCUT2D eigenvalue weighted by Crippen LogP contribution is -1.99. The number of rotatable bonds is 2. The standard InChI is InChI=1S/C14H9BrClN3O3/c15-8-5-7(20)6-11(21)12(8)13-17-18-14(22)19(13)10-4-2-1-3-9(10)16/h1-6,20-21H,(H,18,22). The third kappa shape index (κ3) is 2.38. The van der Waals surface area contributed by atoms with Crippen LogP contribution in [0.5, 0.6) is 17.5 Å². The van der Waals surface area contributed by atoms with E-state index in [-0.39, 0.29) is 28.9 Å². The molecule has 0 atom stereocenters. The molecule has 0 amide bonds. The van der Waals surface area contributed by atoms with Crippen molar-refractivity contribution in [1.82, 2.24) is 14.8 Å². The summed E-state index contributed by atoms with van der Waals surface area (Å²) >= 11 is 9.40. The molecule has 1 aromatic heterocycles. The molecule has 0 bridgehead atoms. The minimum Gasteiger partial charge on any atom is -0.508 e. The second-order valence-corrected chi connectivity index (χ2v) is 5.69. The molecule has 0 saturated carbocycles. The quantitative estimate of drug-likeness (QED) is 0.631. The van der Waals surface area contributed by atoms with Crippen LogP contribution in [0.25, 0.3) is 17.1 Å². The lowest BCUT2D eigenvalue weighted by molar-refractivity contribution is 0.420. The van der Waals surface area contributed by atoms with Crippen molar-refractivity contribution in [3.8, 4) is 34.6 Å². The number of para-hydroxylation sites is 1. The van der Waals surface area contributed by atoms with Crippen molar-refractivity contribution < 1.29 is 15.3 Å². The van der Waals surface area contributed by atoms with E-state index < -0.39 is 0 Å². The smallest absolute Gasteiger partial charge is 0.319 e. The molecule has 8 heteroatoms. The lowest BCUT2D eigenvalue weighted by atomic mass is 10.1. The maximum absolute atomic E-state index is 10.1. The molecular formula is C14H9BrClN3O3. The minimum absolute atomic E-state index is 0.110. The summed E-state index contributed by atoms with van der Waals surface area (Å²) in [5, 5.41) is 37.5. The highest BCUT2D eigenvalue weighted by Crippen LogP contribution is 2.40. The fourth-order valence-electron chi connectivity index (χ4n) is 2.09. The van der Waals surface area contributed by atoms with E-state index in [0.717, 1.165) is 0 Å². The van der Waals surface area contributed by atoms with Crippen molar-refractivity contribution in [2.75, 3.05) is 0 Å². The van der Waals surface area contributed by atoms with Crippen LogP contribution < -0.4 is 0 Å². The Balaban J connectivity index is 2.30. The zero-order valence-electron chi connectivity index (χ0n) is 10.9. The summed E-state index contributed by atoms with van der Waals surface area (Å²) in [4.78, 5) is 0. The summed E-state index contributed by atoms with van der Waals surface area (Å²) in [6, 6.07) is 9.03. The molecule has 0 aliphatic rings. The highest BCUT2D eigenvalue weighted by molar-refractivity contribution is 9.10. The Hall–Kier alpha value is -2.25. The molecule has 0 unspecified atom stereocenters. The van der Waals surface area contributed by atoms with Gasteiger partial charge in [-0.05, 0) is 34.1 Å². The molecule has 1 heterocycles. The van der Waals surface area contributed by atoms with Gasteiger partial charge in [-0.3, -0.25) is 0 Å². The first kappa shape index (κ1) is 14.7. The number of nitrogens with zero attached hydrogens (tertiary/aromatic N) is 3. The number of hydrogen-bond donors (Lipinski definition) is 3. The van der Waals surface area contributed by atoms with Gasteiger partial charge < -0.3 is 15.3 Å². The van der Waals surface area contributed by atoms with E-state index in [1.807, 2.05) is 0 Å². The first-order valence-corrected chi connectivity index (χ1v) is 7.27. The topological polar surface area (TPSA) is 91.4 Å². The van der Waals surface area contributed by atoms with E-state index >= 15 is 0 Å². The van der Waals surface area contributed by atoms with Crippen LogP contribution in [0.4, 0.5) is 0 Å². The second kappa shape index (κ2) is 5.51. The molecular weight excluding hydrogens is 374 g/mol. The summed E-state index contributed by atoms with van der Waals surface area (Å²) < 4.78 is 1.70. The maximum Gasteiger partial charge on any atom is 0.319 e. The Bertz CT molecular complexity index is 843. The van der Waals surface area contributed by atoms with Gasteiger partial charge in [-0.25, -0.2) is 4.57 Å². The molecule has 112 valence electrons. The predicted octanol–water partition coefficient (Wildman–Crippen LogP) is 3.47. The SMILES string of the molecule is Oc1cc(O)c(-c2nnc(O)n2-c2ccccc2Cl)c(Br)c1. The Labute approximate surface area is 138 Å². The number of phenols is 2. The van der Waals surface area contributed by atoms with Crippen LogP contribution in [0.3, 0.4) is 0 Å². The van der Waals surface area contributed by atoms with E-state index in [0.29, 0.717) is 15.2 Å². The van der Waals surface area contributed by atoms with Gasteiger partial charge in [0.1, 0.15) is 11.5 Å². The molecule has 3 rings (SSSR count). The number of phenolic OH excluding ortho intramolecular Hbond substituents is 2. The average molecular weight is 383 g/mol. The highest BCUT2D eigenvalue weighted by atomic mass is 79.9. The van der Waals surface area contributed by atoms with Gasteiger partial charge in [0.25, 0.3) is 0 Å². The summed E-state index contributed by atoms with van der Waals surface area (Å²) in [7, 11) is 0. The lowest BCUT2D eigenvalue weighted by Gasteiger charge is -2.11. The van der Waals surface area contributed by atoms with Gasteiger partial charge in [0, 0.05) is 10.5 Å². The number of aromatic hydroxyl groups is 3. The summed E-state index contributed by atoms with van der Waals surface area (Å²) in [5.74, 6) is -0.149. The van der Waals surface area contributed by atoms with E-state index in [2.05, 4.69) is 26.1 Å². The summed E-state index contributed by atoms with van der Waals surface area (Å²) in [6.07, 6.45) is 0. The molecule has 0 radical (unpaired) electrons. The van der Waals surface area contributed by atoms with Gasteiger partial charge in [-0.1, -0.05) is 28.8 Å². The van der Waals surface area contributed by atoms with Crippen molar-refractivity contribution in [2.45, 2.75) is 0 Å². The Morgan fingerprint density at radius 2 is 1.77 bits per heavy atom. The van der Waals surface area contributed by atoms with E-state index in [9.17, 15) is 15.3 Å². The molecule has 0 fully saturated rings. The van der Waals surface area contributed by atoms with Crippen molar-refractivity contribution in [3.63, 3.8) is 0 Å². The van der Waals surface area contributed by atoms with Crippen molar-refractivity contribution in [3.05, 3.63) is 45.9 Å². The molecule has 0 aliphatic carbocycles. The number of hydrogen-bond acceptors (Lipinski definition) is 5. The zero-order chi connectivity index (χ0) is 15.9. The average Bonchev–Trinajstić information content (AvgIpc) is 2.80. The van der Waals surface area contributed by atoms with Crippen LogP contribution in [0.15, 0.2) is 40.9 Å². The summed E-state index contributed by atoms with van der Waals surface area (Å²) in [6.45, 7) is 0. The van der Waals surface area contributed by atoms with Gasteiger partial charge in [0.2, 0.25) is 0 Å². The number of halogens is 2. The van der Waals surface area contributed by atoms with Crippen LogP contribution in [-0.2, 0) is 0 Å². The normalized spacial score (nSPS) is 10.8. The van der Waals surface area contributed by atoms with Gasteiger partial charge in [0.15, 0.2) is 5.82 Å². The van der Waals surface area contributed by atoms with Gasteiger partial charge in [0.05, 0.1) is 16.3 Å². The van der Waals surface area contributed by atoms with Gasteiger partial charge in [-0.2, -0.15) is 0 Å². The number of benzene rings is 2. The largest absolute Gasteiger partial charge is 0.508 e. The molecule has 6 nitrogen and oxygen atoms in total. The van der Waals surface area contributed by atoms with Crippen LogP contribution in [0.2, 0.25) is 5.02 Å². The zero-order valence-corrected chi connectivity index (χ0v) is 13.2. The molecule has 22 heavy (non-hydrogen) atoms. The third-order valence-corrected chi connectivity index (χ3v) is 3.96. The number of aromatic nitrogens is 3. The van der Waals surface area contributed by atoms with Crippen molar-refractivity contribution in [2.24, 2.45) is 0 Å². The molecule has 3 aromatic rings. The molecule has 2 aromatic carbocycles. The Morgan fingerprint density at radius 1 is 1.05 bits per heavy atom. The Morgan fingerprint density at radius 3 is 2.45 bits per heavy atom. The first-order valence-electron chi connectivity index (χ1n) is 6.10. The molecule has 0 spiro atoms. The predicted molar refractivity (Wildman–Crippen MR) is 84.5 cm³/mol. The van der Waals surface area contributed by atoms with E-state index in [4.69, 9.17) is 11.6 Å². The Kier molecular flexibility index (Phi) is 3.67. The van der Waals surface area contributed by atoms with Crippen LogP contribution >= 0.6 is 27.5 Å². The van der Waals surface area contributed by atoms with E-state index in [1.165, 1.54) is 16.7 Å². The third-order valence-electron chi connectivity index (χ3n) is 3.02. The highest BCUT2D eigenvalue weighted by Gasteiger charge is 2.22. The van der Waals surface area contributed by atoms with Gasteiger partial charge >= 0.3 is 6.01 Å². The van der Waals surface area contributed by atoms with Crippen LogP contribution in [-0.4, -0.2) is 30.1 Å². The molecule has 0 aliphatic heterocycles. The van der Waals surface area contributed by atoms with Crippen LogP contribution in [0, 0.1) is 0 Å². The monoisotopic (exact) mass is 381 g/mol. The van der Waals surface area contributed by atoms with Crippen LogP contribution in [0.1, 0.15) is 0 Å². The van der Waals surface area contributed by atoms with Crippen molar-refractivity contribution >= 4 is 27.5 Å². The van der Waals surface area contributed by atoms with Crippen molar-refractivity contribution in [1.29, 1.82) is 0 Å². The fourth-order valence-corrected chi connectivity index (χ4v) is 2.93.